The average Bonchev–Trinajstić information content (AvgIpc) is 3.41. The number of aromatic nitrogens is 1. The van der Waals surface area contributed by atoms with Crippen LogP contribution in [0.1, 0.15) is 41.3 Å². The van der Waals surface area contributed by atoms with Gasteiger partial charge in [-0.25, -0.2) is 4.98 Å². The van der Waals surface area contributed by atoms with Crippen LogP contribution in [0.3, 0.4) is 0 Å². The molecule has 1 saturated heterocycles. The molecule has 7 heteroatoms. The normalized spacial score (nSPS) is 15.4. The lowest BCUT2D eigenvalue weighted by atomic mass is 9.99. The molecule has 4 aromatic rings. The van der Waals surface area contributed by atoms with Gasteiger partial charge in [0.1, 0.15) is 0 Å². The molecule has 0 unspecified atom stereocenters. The molecule has 0 aliphatic carbocycles. The Bertz CT molecular complexity index is 1490. The predicted octanol–water partition coefficient (Wildman–Crippen LogP) is 6.47. The molecule has 0 radical (unpaired) electrons. The van der Waals surface area contributed by atoms with Gasteiger partial charge in [-0.3, -0.25) is 9.69 Å². The highest BCUT2D eigenvalue weighted by Gasteiger charge is 2.25. The highest BCUT2D eigenvalue weighted by atomic mass is 79.9. The zero-order valence-electron chi connectivity index (χ0n) is 21.6. The third kappa shape index (κ3) is 5.00. The first-order valence-corrected chi connectivity index (χ1v) is 13.8. The van der Waals surface area contributed by atoms with Gasteiger partial charge in [-0.1, -0.05) is 60.1 Å². The number of piperazine rings is 1. The molecule has 0 spiro atoms. The summed E-state index contributed by atoms with van der Waals surface area (Å²) < 4.78 is 11.9. The SMILES string of the molecule is CC(C)c1ccc(-c2cc(C(=O)N3CCN(Cc4ccc5c(c4)OCO5)CC3)c3cc(Br)ccc3n2)cc1. The summed E-state index contributed by atoms with van der Waals surface area (Å²) in [6.07, 6.45) is 0. The fourth-order valence-corrected chi connectivity index (χ4v) is 5.50. The maximum atomic E-state index is 13.9. The summed E-state index contributed by atoms with van der Waals surface area (Å²) in [5.74, 6) is 2.13. The number of carbonyl (C=O) groups is 1. The molecular formula is C31H30BrN3O3. The lowest BCUT2D eigenvalue weighted by Gasteiger charge is -2.35. The van der Waals surface area contributed by atoms with Gasteiger partial charge in [-0.2, -0.15) is 0 Å². The lowest BCUT2D eigenvalue weighted by Crippen LogP contribution is -2.48. The molecule has 1 amide bonds. The number of benzene rings is 3. The zero-order valence-corrected chi connectivity index (χ0v) is 23.2. The van der Waals surface area contributed by atoms with Crippen molar-refractivity contribution >= 4 is 32.7 Å². The third-order valence-electron chi connectivity index (χ3n) is 7.38. The summed E-state index contributed by atoms with van der Waals surface area (Å²) in [7, 11) is 0. The van der Waals surface area contributed by atoms with Crippen LogP contribution in [0.15, 0.2) is 71.2 Å². The van der Waals surface area contributed by atoms with Crippen LogP contribution in [0.5, 0.6) is 11.5 Å². The standard InChI is InChI=1S/C31H30BrN3O3/c1-20(2)22-4-6-23(7-5-22)28-17-26(25-16-24(32)8-9-27(25)33-28)31(36)35-13-11-34(12-14-35)18-21-3-10-29-30(15-21)38-19-37-29/h3-10,15-17,20H,11-14,18-19H2,1-2H3. The Morgan fingerprint density at radius 1 is 0.921 bits per heavy atom. The van der Waals surface area contributed by atoms with Gasteiger partial charge in [0.25, 0.3) is 5.91 Å². The van der Waals surface area contributed by atoms with Gasteiger partial charge in [-0.15, -0.1) is 0 Å². The fraction of sp³-hybridized carbons (Fsp3) is 0.290. The molecule has 0 saturated carbocycles. The van der Waals surface area contributed by atoms with Crippen LogP contribution in [-0.2, 0) is 6.54 Å². The first-order chi connectivity index (χ1) is 18.4. The first-order valence-electron chi connectivity index (χ1n) is 13.1. The van der Waals surface area contributed by atoms with E-state index >= 15 is 0 Å². The highest BCUT2D eigenvalue weighted by Crippen LogP contribution is 2.33. The molecule has 3 aromatic carbocycles. The average molecular weight is 573 g/mol. The number of nitrogens with zero attached hydrogens (tertiary/aromatic N) is 3. The molecule has 1 fully saturated rings. The molecule has 1 aromatic heterocycles. The molecule has 6 nitrogen and oxygen atoms in total. The van der Waals surface area contributed by atoms with E-state index in [1.807, 2.05) is 35.2 Å². The van der Waals surface area contributed by atoms with Crippen molar-refractivity contribution in [1.82, 2.24) is 14.8 Å². The number of carbonyl (C=O) groups excluding carboxylic acids is 1. The minimum Gasteiger partial charge on any atom is -0.454 e. The second kappa shape index (κ2) is 10.4. The molecule has 2 aliphatic rings. The number of fused-ring (bicyclic) bond motifs is 2. The molecule has 38 heavy (non-hydrogen) atoms. The van der Waals surface area contributed by atoms with E-state index < -0.39 is 0 Å². The van der Waals surface area contributed by atoms with Crippen LogP contribution < -0.4 is 9.47 Å². The number of rotatable bonds is 5. The van der Waals surface area contributed by atoms with E-state index in [9.17, 15) is 4.79 Å². The highest BCUT2D eigenvalue weighted by molar-refractivity contribution is 9.10. The topological polar surface area (TPSA) is 54.9 Å². The predicted molar refractivity (Wildman–Crippen MR) is 153 cm³/mol. The van der Waals surface area contributed by atoms with E-state index in [1.54, 1.807) is 0 Å². The van der Waals surface area contributed by atoms with Gasteiger partial charge in [-0.05, 0) is 53.4 Å². The second-order valence-electron chi connectivity index (χ2n) is 10.2. The van der Waals surface area contributed by atoms with Crippen molar-refractivity contribution in [3.63, 3.8) is 0 Å². The Morgan fingerprint density at radius 3 is 2.45 bits per heavy atom. The van der Waals surface area contributed by atoms with E-state index in [0.29, 0.717) is 24.6 Å². The molecule has 0 atom stereocenters. The summed E-state index contributed by atoms with van der Waals surface area (Å²) in [5, 5.41) is 0.870. The van der Waals surface area contributed by atoms with E-state index in [4.69, 9.17) is 14.5 Å². The molecular weight excluding hydrogens is 542 g/mol. The minimum absolute atomic E-state index is 0.0540. The van der Waals surface area contributed by atoms with Gasteiger partial charge < -0.3 is 14.4 Å². The Kier molecular flexibility index (Phi) is 6.80. The summed E-state index contributed by atoms with van der Waals surface area (Å²) in [6.45, 7) is 8.47. The number of halogens is 1. The number of pyridine rings is 1. The Labute approximate surface area is 231 Å². The van der Waals surface area contributed by atoms with Gasteiger partial charge in [0.15, 0.2) is 11.5 Å². The van der Waals surface area contributed by atoms with Gasteiger partial charge in [0, 0.05) is 48.1 Å². The molecule has 0 bridgehead atoms. The number of hydrogen-bond acceptors (Lipinski definition) is 5. The summed E-state index contributed by atoms with van der Waals surface area (Å²) >= 11 is 3.58. The van der Waals surface area contributed by atoms with E-state index in [0.717, 1.165) is 57.8 Å². The van der Waals surface area contributed by atoms with E-state index in [2.05, 4.69) is 71.1 Å². The maximum Gasteiger partial charge on any atom is 0.254 e. The van der Waals surface area contributed by atoms with Crippen molar-refractivity contribution in [2.24, 2.45) is 0 Å². The van der Waals surface area contributed by atoms with Crippen molar-refractivity contribution in [3.05, 3.63) is 87.9 Å². The Morgan fingerprint density at radius 2 is 1.68 bits per heavy atom. The zero-order chi connectivity index (χ0) is 26.2. The maximum absolute atomic E-state index is 13.9. The van der Waals surface area contributed by atoms with Gasteiger partial charge in [0.2, 0.25) is 6.79 Å². The van der Waals surface area contributed by atoms with Crippen molar-refractivity contribution in [3.8, 4) is 22.8 Å². The molecule has 0 N–H and O–H groups in total. The number of ether oxygens (including phenoxy) is 2. The van der Waals surface area contributed by atoms with Crippen LogP contribution in [0, 0.1) is 0 Å². The number of hydrogen-bond donors (Lipinski definition) is 0. The molecule has 3 heterocycles. The van der Waals surface area contributed by atoms with Gasteiger partial charge >= 0.3 is 0 Å². The second-order valence-corrected chi connectivity index (χ2v) is 11.2. The van der Waals surface area contributed by atoms with Crippen LogP contribution in [-0.4, -0.2) is 53.7 Å². The largest absolute Gasteiger partial charge is 0.454 e. The quantitative estimate of drug-likeness (QED) is 0.274. The van der Waals surface area contributed by atoms with E-state index in [1.165, 1.54) is 11.1 Å². The first kappa shape index (κ1) is 24.9. The van der Waals surface area contributed by atoms with Crippen molar-refractivity contribution < 1.29 is 14.3 Å². The Hall–Kier alpha value is -3.42. The van der Waals surface area contributed by atoms with Crippen molar-refractivity contribution in [2.75, 3.05) is 33.0 Å². The van der Waals surface area contributed by atoms with Crippen LogP contribution in [0.4, 0.5) is 0 Å². The number of amides is 1. The Balaban J connectivity index is 1.22. The monoisotopic (exact) mass is 571 g/mol. The molecule has 6 rings (SSSR count). The van der Waals surface area contributed by atoms with Gasteiger partial charge in [0.05, 0.1) is 16.8 Å². The summed E-state index contributed by atoms with van der Waals surface area (Å²) in [4.78, 5) is 23.1. The summed E-state index contributed by atoms with van der Waals surface area (Å²) in [6, 6.07) is 22.5. The third-order valence-corrected chi connectivity index (χ3v) is 7.87. The smallest absolute Gasteiger partial charge is 0.254 e. The van der Waals surface area contributed by atoms with Crippen molar-refractivity contribution in [2.45, 2.75) is 26.3 Å². The van der Waals surface area contributed by atoms with Crippen molar-refractivity contribution in [1.29, 1.82) is 0 Å². The molecule has 2 aliphatic heterocycles. The lowest BCUT2D eigenvalue weighted by molar-refractivity contribution is 0.0630. The van der Waals surface area contributed by atoms with Crippen LogP contribution >= 0.6 is 15.9 Å². The van der Waals surface area contributed by atoms with Crippen LogP contribution in [0.2, 0.25) is 0 Å². The fourth-order valence-electron chi connectivity index (χ4n) is 5.14. The van der Waals surface area contributed by atoms with Crippen LogP contribution in [0.25, 0.3) is 22.2 Å². The summed E-state index contributed by atoms with van der Waals surface area (Å²) in [5.41, 5.74) is 5.83. The van der Waals surface area contributed by atoms with E-state index in [-0.39, 0.29) is 12.7 Å². The molecule has 194 valence electrons. The minimum atomic E-state index is 0.0540.